The maximum absolute atomic E-state index is 6.39. The van der Waals surface area contributed by atoms with Gasteiger partial charge in [-0.2, -0.15) is 0 Å². The van der Waals surface area contributed by atoms with Crippen molar-refractivity contribution in [3.8, 4) is 22.3 Å². The minimum atomic E-state index is -0.826. The van der Waals surface area contributed by atoms with E-state index in [0.29, 0.717) is 0 Å². The van der Waals surface area contributed by atoms with Crippen molar-refractivity contribution in [3.63, 3.8) is 0 Å². The number of hydrogen-bond acceptors (Lipinski definition) is 2. The molecule has 2 unspecified atom stereocenters. The van der Waals surface area contributed by atoms with Gasteiger partial charge < -0.3 is 8.83 Å². The number of rotatable bonds is 8. The Hall–Kier alpha value is -4.44. The van der Waals surface area contributed by atoms with E-state index >= 15 is 0 Å². The number of allylic oxidation sites excluding steroid dienone is 2. The molecule has 0 bridgehead atoms. The zero-order valence-electron chi connectivity index (χ0n) is 33.0. The molecule has 0 saturated heterocycles. The Kier molecular flexibility index (Phi) is 11.2. The van der Waals surface area contributed by atoms with E-state index in [9.17, 15) is 0 Å². The van der Waals surface area contributed by atoms with Gasteiger partial charge in [0.05, 0.1) is 0 Å². The van der Waals surface area contributed by atoms with Crippen molar-refractivity contribution < 1.29 is 29.7 Å². The Labute approximate surface area is 362 Å². The molecule has 2 aromatic heterocycles. The number of furan rings is 2. The molecule has 58 heavy (non-hydrogen) atoms. The first-order chi connectivity index (χ1) is 28.3. The third-order valence-electron chi connectivity index (χ3n) is 11.9. The van der Waals surface area contributed by atoms with Gasteiger partial charge in [-0.1, -0.05) is 109 Å². The van der Waals surface area contributed by atoms with Gasteiger partial charge in [0.1, 0.15) is 23.0 Å². The molecule has 2 heterocycles. The summed E-state index contributed by atoms with van der Waals surface area (Å²) in [6.07, 6.45) is 4.88. The first kappa shape index (κ1) is 39.0. The van der Waals surface area contributed by atoms with Crippen LogP contribution in [0.4, 0.5) is 0 Å². The van der Waals surface area contributed by atoms with Gasteiger partial charge >= 0.3 is 37.9 Å². The SMILES string of the molecule is Cc1ccc(C2=Cc3c(ccc(C)c3-c3cccc4ccccc34)C2C[Si]CC2C(c3ccc(C)o3)=Cc3c2ccc(C)c3-c2cccc3ccccc23)o1.[Cl][Zr][Cl]. The van der Waals surface area contributed by atoms with E-state index in [0.717, 1.165) is 44.6 Å². The molecule has 0 aliphatic heterocycles. The van der Waals surface area contributed by atoms with Crippen LogP contribution in [-0.4, -0.2) is 9.52 Å². The van der Waals surface area contributed by atoms with Crippen LogP contribution in [0.2, 0.25) is 12.1 Å². The molecule has 0 fully saturated rings. The molecule has 0 saturated carbocycles. The Morgan fingerprint density at radius 1 is 0.500 bits per heavy atom. The summed E-state index contributed by atoms with van der Waals surface area (Å²) in [6, 6.07) is 51.0. The van der Waals surface area contributed by atoms with Gasteiger partial charge in [-0.05, 0) is 153 Å². The van der Waals surface area contributed by atoms with Crippen LogP contribution < -0.4 is 0 Å². The van der Waals surface area contributed by atoms with Gasteiger partial charge in [0, 0.05) is 32.5 Å². The van der Waals surface area contributed by atoms with E-state index < -0.39 is 20.8 Å². The molecule has 284 valence electrons. The fraction of sp³-hybridized carbons (Fsp3) is 0.154. The van der Waals surface area contributed by atoms with Gasteiger partial charge in [0.25, 0.3) is 0 Å². The van der Waals surface area contributed by atoms with Gasteiger partial charge in [-0.15, -0.1) is 0 Å². The van der Waals surface area contributed by atoms with Crippen molar-refractivity contribution in [2.24, 2.45) is 0 Å². The standard InChI is InChI=1S/C52H42O2Si.2ClH.Zr/c1-31-19-23-39-45(51(31)41-17-9-13-35-11-5-7-15-37(35)41)27-43(49-25-21-33(3)53-49)47(39)29-55-30-48-40-24-20-32(2)52(42-18-10-14-36-12-6-8-16-38(36)42)46(40)28-44(48)50-26-22-34(4)54-50;;;/h5-28,47-48H,29-30H2,1-4H3;2*1H;/q;;;+2/p-2. The average molecular weight is 889 g/mol. The molecule has 0 spiro atoms. The van der Waals surface area contributed by atoms with Crippen LogP contribution >= 0.6 is 17.0 Å². The summed E-state index contributed by atoms with van der Waals surface area (Å²) in [5, 5.41) is 5.12. The van der Waals surface area contributed by atoms with Crippen LogP contribution in [0.15, 0.2) is 142 Å². The van der Waals surface area contributed by atoms with E-state index in [1.807, 2.05) is 13.8 Å². The van der Waals surface area contributed by atoms with E-state index in [1.165, 1.54) is 88.3 Å². The fourth-order valence-corrected chi connectivity index (χ4v) is 11.0. The molecule has 2 radical (unpaired) electrons. The Morgan fingerprint density at radius 2 is 0.914 bits per heavy atom. The molecule has 0 amide bonds. The van der Waals surface area contributed by atoms with Crippen LogP contribution in [-0.2, 0) is 20.8 Å². The van der Waals surface area contributed by atoms with E-state index in [4.69, 9.17) is 25.9 Å². The van der Waals surface area contributed by atoms with E-state index in [1.54, 1.807) is 0 Å². The summed E-state index contributed by atoms with van der Waals surface area (Å²) < 4.78 is 12.8. The van der Waals surface area contributed by atoms with E-state index in [2.05, 4.69) is 159 Å². The molecule has 8 aromatic rings. The van der Waals surface area contributed by atoms with Gasteiger partial charge in [-0.3, -0.25) is 0 Å². The number of benzene rings is 6. The second kappa shape index (κ2) is 16.7. The van der Waals surface area contributed by atoms with Crippen LogP contribution in [0.5, 0.6) is 0 Å². The molecule has 6 heteroatoms. The zero-order chi connectivity index (χ0) is 39.9. The Morgan fingerprint density at radius 3 is 1.33 bits per heavy atom. The summed E-state index contributed by atoms with van der Waals surface area (Å²) in [6.45, 7) is 8.61. The van der Waals surface area contributed by atoms with Crippen molar-refractivity contribution in [2.45, 2.75) is 51.6 Å². The molecule has 6 aromatic carbocycles. The quantitative estimate of drug-likeness (QED) is 0.142. The monoisotopic (exact) mass is 886 g/mol. The molecule has 0 N–H and O–H groups in total. The second-order valence-electron chi connectivity index (χ2n) is 15.4. The number of aryl methyl sites for hydroxylation is 4. The predicted molar refractivity (Wildman–Crippen MR) is 243 cm³/mol. The third-order valence-corrected chi connectivity index (χ3v) is 13.3. The number of hydrogen-bond donors (Lipinski definition) is 0. The summed E-state index contributed by atoms with van der Waals surface area (Å²) in [5.41, 5.74) is 15.9. The molecule has 10 rings (SSSR count). The first-order valence-electron chi connectivity index (χ1n) is 19.8. The maximum atomic E-state index is 6.39. The van der Waals surface area contributed by atoms with Crippen LogP contribution in [0, 0.1) is 27.7 Å². The normalized spacial score (nSPS) is 15.5. The molecular formula is C52H42Cl2O2SiZr. The Balaban J connectivity index is 0.00000141. The third kappa shape index (κ3) is 7.17. The zero-order valence-corrected chi connectivity index (χ0v) is 38.0. The van der Waals surface area contributed by atoms with Crippen molar-refractivity contribution in [1.29, 1.82) is 0 Å². The van der Waals surface area contributed by atoms with Crippen molar-refractivity contribution in [2.75, 3.05) is 0 Å². The summed E-state index contributed by atoms with van der Waals surface area (Å²) in [7, 11) is 10.6. The van der Waals surface area contributed by atoms with Crippen molar-refractivity contribution >= 4 is 71.4 Å². The van der Waals surface area contributed by atoms with Crippen LogP contribution in [0.3, 0.4) is 0 Å². The molecular weight excluding hydrogens is 847 g/mol. The van der Waals surface area contributed by atoms with Crippen molar-refractivity contribution in [1.82, 2.24) is 0 Å². The first-order valence-corrected chi connectivity index (χ1v) is 27.6. The average Bonchev–Trinajstić information content (AvgIpc) is 4.03. The van der Waals surface area contributed by atoms with Crippen molar-refractivity contribution in [3.05, 3.63) is 190 Å². The molecule has 2 nitrogen and oxygen atoms in total. The molecule has 2 atom stereocenters. The van der Waals surface area contributed by atoms with Gasteiger partial charge in [0.2, 0.25) is 0 Å². The van der Waals surface area contributed by atoms with Gasteiger partial charge in [-0.25, -0.2) is 0 Å². The predicted octanol–water partition coefficient (Wildman–Crippen LogP) is 15.6. The van der Waals surface area contributed by atoms with E-state index in [-0.39, 0.29) is 11.8 Å². The van der Waals surface area contributed by atoms with Crippen LogP contribution in [0.25, 0.3) is 67.1 Å². The minimum absolute atomic E-state index is 0.247. The summed E-state index contributed by atoms with van der Waals surface area (Å²) in [4.78, 5) is 0. The van der Waals surface area contributed by atoms with Gasteiger partial charge in [0.15, 0.2) is 0 Å². The van der Waals surface area contributed by atoms with Crippen LogP contribution in [0.1, 0.15) is 68.3 Å². The number of fused-ring (bicyclic) bond motifs is 4. The molecule has 2 aliphatic rings. The summed E-state index contributed by atoms with van der Waals surface area (Å²) >= 11 is -0.826. The Bertz CT molecular complexity index is 2690. The second-order valence-corrected chi connectivity index (χ2v) is 20.5. The molecule has 2 aliphatic carbocycles. The fourth-order valence-electron chi connectivity index (χ4n) is 9.33. The summed E-state index contributed by atoms with van der Waals surface area (Å²) in [5.74, 6) is 4.35. The number of halogens is 2. The topological polar surface area (TPSA) is 26.3 Å².